The molecule has 0 saturated carbocycles. The first kappa shape index (κ1) is 13.9. The fourth-order valence-corrected chi connectivity index (χ4v) is 2.06. The average Bonchev–Trinajstić information content (AvgIpc) is 2.84. The minimum atomic E-state index is -0.748. The minimum Gasteiger partial charge on any atom is -0.334 e. The molecule has 3 N–H and O–H groups in total. The number of rotatable bonds is 4. The van der Waals surface area contributed by atoms with E-state index >= 15 is 0 Å². The van der Waals surface area contributed by atoms with Gasteiger partial charge in [-0.05, 0) is 19.1 Å². The second-order valence-electron chi connectivity index (χ2n) is 3.96. The van der Waals surface area contributed by atoms with E-state index < -0.39 is 17.7 Å². The van der Waals surface area contributed by atoms with Crippen LogP contribution in [-0.4, -0.2) is 9.55 Å². The number of hydrazine groups is 1. The summed E-state index contributed by atoms with van der Waals surface area (Å²) in [5, 5.41) is -0.268. The number of benzene rings is 1. The first-order chi connectivity index (χ1) is 9.08. The Kier molecular flexibility index (Phi) is 4.14. The van der Waals surface area contributed by atoms with Gasteiger partial charge in [0.15, 0.2) is 0 Å². The number of nitrogens with one attached hydrogen (secondary N) is 1. The van der Waals surface area contributed by atoms with Crippen LogP contribution in [0.1, 0.15) is 24.4 Å². The molecule has 2 rings (SSSR count). The molecule has 1 aromatic carbocycles. The summed E-state index contributed by atoms with van der Waals surface area (Å²) in [7, 11) is 0. The summed E-state index contributed by atoms with van der Waals surface area (Å²) in [5.74, 6) is 4.62. The summed E-state index contributed by atoms with van der Waals surface area (Å²) in [4.78, 5) is 4.13. The van der Waals surface area contributed by atoms with E-state index in [4.69, 9.17) is 17.4 Å². The summed E-state index contributed by atoms with van der Waals surface area (Å²) < 4.78 is 29.2. The van der Waals surface area contributed by atoms with E-state index in [0.717, 1.165) is 12.1 Å². The molecule has 102 valence electrons. The summed E-state index contributed by atoms with van der Waals surface area (Å²) in [6.07, 6.45) is 3.32. The Balaban J connectivity index is 2.51. The van der Waals surface area contributed by atoms with Crippen LogP contribution in [0.3, 0.4) is 0 Å². The second kappa shape index (κ2) is 5.64. The second-order valence-corrected chi connectivity index (χ2v) is 4.37. The Labute approximate surface area is 114 Å². The highest BCUT2D eigenvalue weighted by atomic mass is 35.5. The molecule has 0 aliphatic carbocycles. The SMILES string of the molecule is CCn1ccnc1C(NN)c1cc(F)c(Cl)cc1F. The van der Waals surface area contributed by atoms with Gasteiger partial charge in [-0.15, -0.1) is 0 Å². The third-order valence-corrected chi connectivity index (χ3v) is 3.15. The van der Waals surface area contributed by atoms with Gasteiger partial charge in [-0.2, -0.15) is 0 Å². The highest BCUT2D eigenvalue weighted by Gasteiger charge is 2.22. The molecule has 0 amide bonds. The Bertz CT molecular complexity index is 585. The van der Waals surface area contributed by atoms with Crippen LogP contribution in [0.25, 0.3) is 0 Å². The van der Waals surface area contributed by atoms with Gasteiger partial charge in [0.2, 0.25) is 0 Å². The standard InChI is InChI=1S/C12H13ClF2N4/c1-2-19-4-3-17-12(19)11(18-16)7-5-10(15)8(13)6-9(7)14/h3-6,11,18H,2,16H2,1H3. The van der Waals surface area contributed by atoms with Crippen LogP contribution in [0.4, 0.5) is 8.78 Å². The highest BCUT2D eigenvalue weighted by Crippen LogP contribution is 2.27. The molecule has 19 heavy (non-hydrogen) atoms. The molecule has 0 fully saturated rings. The number of halogens is 3. The van der Waals surface area contributed by atoms with Gasteiger partial charge in [-0.1, -0.05) is 11.6 Å². The van der Waals surface area contributed by atoms with Crippen molar-refractivity contribution in [2.24, 2.45) is 5.84 Å². The van der Waals surface area contributed by atoms with Crippen molar-refractivity contribution in [1.82, 2.24) is 15.0 Å². The number of hydrogen-bond donors (Lipinski definition) is 2. The molecule has 0 bridgehead atoms. The van der Waals surface area contributed by atoms with E-state index in [2.05, 4.69) is 10.4 Å². The number of hydrogen-bond acceptors (Lipinski definition) is 3. The molecule has 1 atom stereocenters. The van der Waals surface area contributed by atoms with Gasteiger partial charge in [0.1, 0.15) is 23.5 Å². The van der Waals surface area contributed by atoms with Crippen molar-refractivity contribution in [2.45, 2.75) is 19.5 Å². The molecule has 0 radical (unpaired) electrons. The molecule has 0 aliphatic rings. The molecular weight excluding hydrogens is 274 g/mol. The van der Waals surface area contributed by atoms with Crippen molar-refractivity contribution in [3.63, 3.8) is 0 Å². The van der Waals surface area contributed by atoms with Crippen LogP contribution in [0.5, 0.6) is 0 Å². The Morgan fingerprint density at radius 2 is 2.16 bits per heavy atom. The monoisotopic (exact) mass is 286 g/mol. The molecule has 0 saturated heterocycles. The van der Waals surface area contributed by atoms with Gasteiger partial charge in [0.05, 0.1) is 5.02 Å². The van der Waals surface area contributed by atoms with Crippen LogP contribution in [0.2, 0.25) is 5.02 Å². The zero-order valence-corrected chi connectivity index (χ0v) is 11.0. The van der Waals surface area contributed by atoms with E-state index in [1.165, 1.54) is 0 Å². The maximum atomic E-state index is 13.9. The third-order valence-electron chi connectivity index (χ3n) is 2.86. The molecule has 0 spiro atoms. The molecule has 7 heteroatoms. The summed E-state index contributed by atoms with van der Waals surface area (Å²) in [5.41, 5.74) is 2.51. The molecule has 1 unspecified atom stereocenters. The van der Waals surface area contributed by atoms with E-state index in [1.807, 2.05) is 6.92 Å². The van der Waals surface area contributed by atoms with Crippen molar-refractivity contribution >= 4 is 11.6 Å². The molecule has 1 aromatic heterocycles. The van der Waals surface area contributed by atoms with Gasteiger partial charge >= 0.3 is 0 Å². The maximum Gasteiger partial charge on any atom is 0.142 e. The number of nitrogens with zero attached hydrogens (tertiary/aromatic N) is 2. The molecule has 1 heterocycles. The third kappa shape index (κ3) is 2.60. The predicted octanol–water partition coefficient (Wildman–Crippen LogP) is 2.39. The lowest BCUT2D eigenvalue weighted by molar-refractivity contribution is 0.515. The van der Waals surface area contributed by atoms with Crippen LogP contribution in [0, 0.1) is 11.6 Å². The van der Waals surface area contributed by atoms with Gasteiger partial charge < -0.3 is 4.57 Å². The molecule has 0 aliphatic heterocycles. The zero-order valence-electron chi connectivity index (χ0n) is 10.2. The zero-order chi connectivity index (χ0) is 14.0. The number of aryl methyl sites for hydroxylation is 1. The normalized spacial score (nSPS) is 12.7. The minimum absolute atomic E-state index is 0.0605. The summed E-state index contributed by atoms with van der Waals surface area (Å²) >= 11 is 5.53. The first-order valence-corrected chi connectivity index (χ1v) is 6.07. The fraction of sp³-hybridized carbons (Fsp3) is 0.250. The quantitative estimate of drug-likeness (QED) is 0.515. The molecule has 2 aromatic rings. The van der Waals surface area contributed by atoms with Gasteiger partial charge in [0.25, 0.3) is 0 Å². The van der Waals surface area contributed by atoms with Crippen molar-refractivity contribution in [1.29, 1.82) is 0 Å². The number of aromatic nitrogens is 2. The van der Waals surface area contributed by atoms with E-state index in [-0.39, 0.29) is 10.6 Å². The Morgan fingerprint density at radius 1 is 1.42 bits per heavy atom. The van der Waals surface area contributed by atoms with Crippen LogP contribution in [0.15, 0.2) is 24.5 Å². The van der Waals surface area contributed by atoms with E-state index in [0.29, 0.717) is 12.4 Å². The first-order valence-electron chi connectivity index (χ1n) is 5.70. The smallest absolute Gasteiger partial charge is 0.142 e. The topological polar surface area (TPSA) is 55.9 Å². The van der Waals surface area contributed by atoms with Crippen molar-refractivity contribution in [2.75, 3.05) is 0 Å². The number of imidazole rings is 1. The average molecular weight is 287 g/mol. The lowest BCUT2D eigenvalue weighted by atomic mass is 10.1. The van der Waals surface area contributed by atoms with Crippen LogP contribution >= 0.6 is 11.6 Å². The van der Waals surface area contributed by atoms with Crippen LogP contribution in [-0.2, 0) is 6.54 Å². The Morgan fingerprint density at radius 3 is 2.79 bits per heavy atom. The van der Waals surface area contributed by atoms with Gasteiger partial charge in [0, 0.05) is 24.5 Å². The van der Waals surface area contributed by atoms with Gasteiger partial charge in [-0.3, -0.25) is 5.84 Å². The largest absolute Gasteiger partial charge is 0.334 e. The maximum absolute atomic E-state index is 13.9. The van der Waals surface area contributed by atoms with Crippen LogP contribution < -0.4 is 11.3 Å². The Hall–Kier alpha value is -1.50. The van der Waals surface area contributed by atoms with E-state index in [9.17, 15) is 8.78 Å². The number of nitrogens with two attached hydrogens (primary N) is 1. The van der Waals surface area contributed by atoms with Crippen molar-refractivity contribution in [3.8, 4) is 0 Å². The molecular formula is C12H13ClF2N4. The fourth-order valence-electron chi connectivity index (χ4n) is 1.91. The summed E-state index contributed by atoms with van der Waals surface area (Å²) in [6, 6.07) is 1.20. The van der Waals surface area contributed by atoms with Crippen molar-refractivity contribution in [3.05, 3.63) is 52.6 Å². The van der Waals surface area contributed by atoms with Gasteiger partial charge in [-0.25, -0.2) is 19.2 Å². The lowest BCUT2D eigenvalue weighted by Gasteiger charge is -2.18. The summed E-state index contributed by atoms with van der Waals surface area (Å²) in [6.45, 7) is 2.56. The highest BCUT2D eigenvalue weighted by molar-refractivity contribution is 6.30. The lowest BCUT2D eigenvalue weighted by Crippen LogP contribution is -2.31. The molecule has 4 nitrogen and oxygen atoms in total. The van der Waals surface area contributed by atoms with Crippen molar-refractivity contribution < 1.29 is 8.78 Å². The predicted molar refractivity (Wildman–Crippen MR) is 68.4 cm³/mol. The van der Waals surface area contributed by atoms with E-state index in [1.54, 1.807) is 17.0 Å².